The fourth-order valence-electron chi connectivity index (χ4n) is 2.01. The van der Waals surface area contributed by atoms with Crippen molar-refractivity contribution < 1.29 is 71.9 Å². The van der Waals surface area contributed by atoms with Crippen molar-refractivity contribution in [3.8, 4) is 0 Å². The van der Waals surface area contributed by atoms with E-state index in [4.69, 9.17) is 29.4 Å². The summed E-state index contributed by atoms with van der Waals surface area (Å²) in [5.41, 5.74) is 0. The number of phosphoric acid groups is 3. The summed E-state index contributed by atoms with van der Waals surface area (Å²) in [4.78, 5) is 52.4. The normalized spacial score (nSPS) is 35.9. The van der Waals surface area contributed by atoms with E-state index in [-0.39, 0.29) is 0 Å². The van der Waals surface area contributed by atoms with Gasteiger partial charge in [-0.25, -0.2) is 13.7 Å². The summed E-state index contributed by atoms with van der Waals surface area (Å²) >= 11 is 0. The lowest BCUT2D eigenvalue weighted by atomic mass is 9.85. The molecule has 18 heteroatoms. The highest BCUT2D eigenvalue weighted by Crippen LogP contribution is 2.49. The van der Waals surface area contributed by atoms with Crippen LogP contribution in [0.1, 0.15) is 0 Å². The zero-order valence-corrected chi connectivity index (χ0v) is 14.0. The summed E-state index contributed by atoms with van der Waals surface area (Å²) in [5.74, 6) is 0. The maximum Gasteiger partial charge on any atom is 0.470 e. The lowest BCUT2D eigenvalue weighted by Crippen LogP contribution is -2.65. The Bertz CT molecular complexity index is 574. The Morgan fingerprint density at radius 1 is 0.500 bits per heavy atom. The fourth-order valence-corrected chi connectivity index (χ4v) is 3.70. The van der Waals surface area contributed by atoms with E-state index in [0.29, 0.717) is 0 Å². The number of hydrogen-bond donors (Lipinski definition) is 9. The van der Waals surface area contributed by atoms with Gasteiger partial charge in [-0.3, -0.25) is 13.6 Å². The number of phosphoric ester groups is 3. The maximum absolute atomic E-state index is 10.9. The van der Waals surface area contributed by atoms with Gasteiger partial charge >= 0.3 is 23.5 Å². The van der Waals surface area contributed by atoms with Gasteiger partial charge in [0.1, 0.15) is 36.6 Å². The number of aliphatic hydroxyl groups is 3. The second kappa shape index (κ2) is 7.45. The van der Waals surface area contributed by atoms with E-state index >= 15 is 0 Å². The number of rotatable bonds is 6. The van der Waals surface area contributed by atoms with Crippen molar-refractivity contribution >= 4 is 23.5 Å². The van der Waals surface area contributed by atoms with Crippen molar-refractivity contribution in [3.05, 3.63) is 0 Å². The van der Waals surface area contributed by atoms with Crippen LogP contribution >= 0.6 is 23.5 Å². The third-order valence-electron chi connectivity index (χ3n) is 2.80. The molecule has 24 heavy (non-hydrogen) atoms. The summed E-state index contributed by atoms with van der Waals surface area (Å²) in [6.07, 6.45) is -14.3. The predicted octanol–water partition coefficient (Wildman–Crippen LogP) is -3.48. The monoisotopic (exact) mass is 420 g/mol. The molecular weight excluding hydrogens is 405 g/mol. The van der Waals surface area contributed by atoms with Crippen LogP contribution in [0.3, 0.4) is 0 Å². The first-order chi connectivity index (χ1) is 10.5. The molecule has 15 nitrogen and oxygen atoms in total. The molecule has 6 atom stereocenters. The molecule has 0 bridgehead atoms. The van der Waals surface area contributed by atoms with E-state index in [2.05, 4.69) is 13.6 Å². The average Bonchev–Trinajstić information content (AvgIpc) is 2.32. The van der Waals surface area contributed by atoms with Crippen molar-refractivity contribution in [2.75, 3.05) is 0 Å². The molecular formula is C6H15O15P3. The van der Waals surface area contributed by atoms with Gasteiger partial charge in [0.15, 0.2) is 0 Å². The molecule has 144 valence electrons. The van der Waals surface area contributed by atoms with Crippen molar-refractivity contribution in [1.29, 1.82) is 0 Å². The predicted molar refractivity (Wildman–Crippen MR) is 68.8 cm³/mol. The van der Waals surface area contributed by atoms with Gasteiger partial charge in [0.05, 0.1) is 0 Å². The zero-order chi connectivity index (χ0) is 19.1. The third kappa shape index (κ3) is 6.50. The van der Waals surface area contributed by atoms with Crippen LogP contribution in [0, 0.1) is 0 Å². The van der Waals surface area contributed by atoms with Crippen LogP contribution < -0.4 is 0 Å². The van der Waals surface area contributed by atoms with Crippen LogP contribution in [0.4, 0.5) is 0 Å². The second-order valence-corrected chi connectivity index (χ2v) is 8.23. The first-order valence-corrected chi connectivity index (χ1v) is 10.4. The van der Waals surface area contributed by atoms with Crippen molar-refractivity contribution in [3.63, 3.8) is 0 Å². The molecule has 1 rings (SSSR count). The molecule has 0 heterocycles. The largest absolute Gasteiger partial charge is 0.470 e. The lowest BCUT2D eigenvalue weighted by Gasteiger charge is -2.44. The highest BCUT2D eigenvalue weighted by molar-refractivity contribution is 7.46. The van der Waals surface area contributed by atoms with E-state index in [1.807, 2.05) is 0 Å². The highest BCUT2D eigenvalue weighted by atomic mass is 31.2. The van der Waals surface area contributed by atoms with Gasteiger partial charge in [0, 0.05) is 0 Å². The number of hydrogen-bond acceptors (Lipinski definition) is 9. The van der Waals surface area contributed by atoms with Gasteiger partial charge in [-0.1, -0.05) is 0 Å². The molecule has 0 aromatic heterocycles. The maximum atomic E-state index is 10.9. The topological polar surface area (TPSA) is 261 Å². The molecule has 0 saturated heterocycles. The van der Waals surface area contributed by atoms with E-state index in [1.54, 1.807) is 0 Å². The van der Waals surface area contributed by atoms with E-state index < -0.39 is 60.1 Å². The molecule has 0 amide bonds. The Morgan fingerprint density at radius 3 is 1.08 bits per heavy atom. The Labute approximate surface area is 133 Å². The molecule has 0 unspecified atom stereocenters. The average molecular weight is 420 g/mol. The second-order valence-electron chi connectivity index (χ2n) is 4.65. The van der Waals surface area contributed by atoms with Gasteiger partial charge < -0.3 is 44.7 Å². The minimum atomic E-state index is -5.43. The fraction of sp³-hybridized carbons (Fsp3) is 1.00. The molecule has 0 spiro atoms. The van der Waals surface area contributed by atoms with Crippen LogP contribution in [-0.4, -0.2) is 81.3 Å². The summed E-state index contributed by atoms with van der Waals surface area (Å²) < 4.78 is 44.7. The van der Waals surface area contributed by atoms with Gasteiger partial charge in [-0.05, 0) is 0 Å². The standard InChI is InChI=1S/C6H15O15P3/c7-1-2(8)5(20-23(13,14)15)6(21-24(16,17)18)3(9)4(1)19-22(10,11)12/h1-9H,(H2,10,11,12)(H2,13,14,15)(H2,16,17,18)/t1-,2-,3-,4+,5-,6+/m1/s1. The van der Waals surface area contributed by atoms with Gasteiger partial charge in [0.2, 0.25) is 0 Å². The summed E-state index contributed by atoms with van der Waals surface area (Å²) in [5, 5.41) is 29.3. The van der Waals surface area contributed by atoms with Crippen LogP contribution in [-0.2, 0) is 27.3 Å². The van der Waals surface area contributed by atoms with Crippen LogP contribution in [0.15, 0.2) is 0 Å². The van der Waals surface area contributed by atoms with Crippen molar-refractivity contribution in [1.82, 2.24) is 0 Å². The SMILES string of the molecule is O=P(O)(O)O[C@H]1[C@H](O)[C@@H](O)[C@@H](OP(=O)(O)O)[C@@H](OP(=O)(O)O)[C@@H]1O. The van der Waals surface area contributed by atoms with Crippen LogP contribution in [0.2, 0.25) is 0 Å². The summed E-state index contributed by atoms with van der Waals surface area (Å²) in [7, 11) is -16.2. The molecule has 1 aliphatic carbocycles. The van der Waals surface area contributed by atoms with Gasteiger partial charge in [0.25, 0.3) is 0 Å². The minimum absolute atomic E-state index is 2.32. The lowest BCUT2D eigenvalue weighted by molar-refractivity contribution is -0.212. The zero-order valence-electron chi connectivity index (χ0n) is 11.3. The molecule has 0 radical (unpaired) electrons. The number of aliphatic hydroxyl groups excluding tert-OH is 3. The Balaban J connectivity index is 3.23. The van der Waals surface area contributed by atoms with Gasteiger partial charge in [-0.15, -0.1) is 0 Å². The Kier molecular flexibility index (Phi) is 6.90. The van der Waals surface area contributed by atoms with Crippen LogP contribution in [0.25, 0.3) is 0 Å². The molecule has 1 saturated carbocycles. The molecule has 9 N–H and O–H groups in total. The molecule has 1 fully saturated rings. The highest BCUT2D eigenvalue weighted by Gasteiger charge is 2.56. The molecule has 1 aliphatic rings. The van der Waals surface area contributed by atoms with E-state index in [9.17, 15) is 29.0 Å². The molecule has 0 aromatic carbocycles. The first kappa shape index (κ1) is 22.3. The van der Waals surface area contributed by atoms with E-state index in [1.165, 1.54) is 0 Å². The third-order valence-corrected chi connectivity index (χ3v) is 4.35. The van der Waals surface area contributed by atoms with Crippen LogP contribution in [0.5, 0.6) is 0 Å². The Morgan fingerprint density at radius 2 is 0.750 bits per heavy atom. The summed E-state index contributed by atoms with van der Waals surface area (Å²) in [6, 6.07) is 0. The quantitative estimate of drug-likeness (QED) is 0.189. The molecule has 0 aliphatic heterocycles. The minimum Gasteiger partial charge on any atom is -0.387 e. The van der Waals surface area contributed by atoms with E-state index in [0.717, 1.165) is 0 Å². The smallest absolute Gasteiger partial charge is 0.387 e. The van der Waals surface area contributed by atoms with Gasteiger partial charge in [-0.2, -0.15) is 0 Å². The Hall–Kier alpha value is 0.210. The molecule has 0 aromatic rings. The first-order valence-electron chi connectivity index (χ1n) is 5.78. The summed E-state index contributed by atoms with van der Waals surface area (Å²) in [6.45, 7) is 0. The van der Waals surface area contributed by atoms with Crippen molar-refractivity contribution in [2.24, 2.45) is 0 Å². The van der Waals surface area contributed by atoms with Crippen molar-refractivity contribution in [2.45, 2.75) is 36.6 Å².